The van der Waals surface area contributed by atoms with Crippen molar-refractivity contribution in [1.29, 1.82) is 0 Å². The molecule has 3 rings (SSSR count). The summed E-state index contributed by atoms with van der Waals surface area (Å²) in [5, 5.41) is 10.6. The van der Waals surface area contributed by atoms with Gasteiger partial charge in [0, 0.05) is 25.1 Å². The van der Waals surface area contributed by atoms with Gasteiger partial charge in [-0.15, -0.1) is 0 Å². The number of hydrogen-bond acceptors (Lipinski definition) is 2. The number of nitrogens with zero attached hydrogens (tertiary/aromatic N) is 2. The number of aromatic nitrogens is 2. The highest BCUT2D eigenvalue weighted by Crippen LogP contribution is 2.34. The Morgan fingerprint density at radius 2 is 2.00 bits per heavy atom. The van der Waals surface area contributed by atoms with E-state index in [0.717, 1.165) is 21.9 Å². The molecule has 2 heterocycles. The highest BCUT2D eigenvalue weighted by Gasteiger charge is 2.22. The molecule has 0 bridgehead atoms. The summed E-state index contributed by atoms with van der Waals surface area (Å²) in [6.45, 7) is 5.22. The van der Waals surface area contributed by atoms with E-state index < -0.39 is 5.97 Å². The summed E-state index contributed by atoms with van der Waals surface area (Å²) in [6.07, 6.45) is 0. The Balaban J connectivity index is 2.41. The van der Waals surface area contributed by atoms with E-state index in [-0.39, 0.29) is 6.04 Å². The van der Waals surface area contributed by atoms with Crippen LogP contribution in [0.25, 0.3) is 21.9 Å². The second-order valence-corrected chi connectivity index (χ2v) is 5.69. The minimum absolute atomic E-state index is 0.252. The first kappa shape index (κ1) is 14.7. The van der Waals surface area contributed by atoms with Crippen LogP contribution in [-0.4, -0.2) is 33.9 Å². The van der Waals surface area contributed by atoms with E-state index in [2.05, 4.69) is 24.5 Å². The van der Waals surface area contributed by atoms with Crippen molar-refractivity contribution >= 4 is 27.9 Å². The maximum Gasteiger partial charge on any atom is 0.352 e. The van der Waals surface area contributed by atoms with Gasteiger partial charge in [0.05, 0.1) is 23.2 Å². The Labute approximate surface area is 128 Å². The molecule has 22 heavy (non-hydrogen) atoms. The minimum atomic E-state index is -0.910. The molecule has 0 amide bonds. The second-order valence-electron chi connectivity index (χ2n) is 5.69. The predicted molar refractivity (Wildman–Crippen MR) is 86.7 cm³/mol. The van der Waals surface area contributed by atoms with Crippen LogP contribution in [0.15, 0.2) is 30.3 Å². The van der Waals surface area contributed by atoms with Crippen molar-refractivity contribution in [3.8, 4) is 0 Å². The Morgan fingerprint density at radius 3 is 2.64 bits per heavy atom. The van der Waals surface area contributed by atoms with Crippen LogP contribution >= 0.6 is 0 Å². The van der Waals surface area contributed by atoms with E-state index in [1.54, 1.807) is 13.2 Å². The number of carbonyl (C=O) groups is 1. The van der Waals surface area contributed by atoms with Crippen LogP contribution in [0.5, 0.6) is 0 Å². The van der Waals surface area contributed by atoms with E-state index in [0.29, 0.717) is 18.8 Å². The maximum absolute atomic E-state index is 11.6. The molecule has 0 aliphatic carbocycles. The third-order valence-electron chi connectivity index (χ3n) is 4.01. The van der Waals surface area contributed by atoms with Crippen molar-refractivity contribution in [2.75, 3.05) is 13.7 Å². The molecule has 0 aliphatic heterocycles. The number of ether oxygens (including phenoxy) is 1. The number of benzene rings is 1. The Hall–Kier alpha value is -2.27. The first-order chi connectivity index (χ1) is 10.6. The summed E-state index contributed by atoms with van der Waals surface area (Å²) >= 11 is 0. The highest BCUT2D eigenvalue weighted by atomic mass is 16.5. The lowest BCUT2D eigenvalue weighted by Crippen LogP contribution is -2.11. The first-order valence-electron chi connectivity index (χ1n) is 7.40. The summed E-state index contributed by atoms with van der Waals surface area (Å²) in [7, 11) is 1.62. The number of rotatable bonds is 5. The zero-order valence-electron chi connectivity index (χ0n) is 13.0. The highest BCUT2D eigenvalue weighted by molar-refractivity contribution is 6.09. The monoisotopic (exact) mass is 300 g/mol. The smallest absolute Gasteiger partial charge is 0.352 e. The maximum atomic E-state index is 11.6. The third-order valence-corrected chi connectivity index (χ3v) is 4.01. The van der Waals surface area contributed by atoms with Crippen molar-refractivity contribution in [2.45, 2.75) is 26.4 Å². The van der Waals surface area contributed by atoms with Crippen LogP contribution < -0.4 is 0 Å². The first-order valence-corrected chi connectivity index (χ1v) is 7.40. The lowest BCUT2D eigenvalue weighted by molar-refractivity contribution is 0.0683. The number of hydrogen-bond donors (Lipinski definition) is 1. The number of carboxylic acids is 1. The molecule has 5 heteroatoms. The standard InChI is InChI=1S/C17H20N2O3/c1-11(2)19-13-7-5-4-6-12(13)16-14(19)10-15(17(20)21)18(16)8-9-22-3/h4-7,10-11H,8-9H2,1-3H3,(H,20,21). The average molecular weight is 300 g/mol. The summed E-state index contributed by atoms with van der Waals surface area (Å²) in [6, 6.07) is 10.1. The van der Waals surface area contributed by atoms with Gasteiger partial charge in [0.15, 0.2) is 0 Å². The van der Waals surface area contributed by atoms with Crippen molar-refractivity contribution in [2.24, 2.45) is 0 Å². The normalized spacial score (nSPS) is 11.8. The molecule has 1 N–H and O–H groups in total. The fraction of sp³-hybridized carbons (Fsp3) is 0.353. The van der Waals surface area contributed by atoms with Crippen LogP contribution in [0.1, 0.15) is 30.4 Å². The third kappa shape index (κ3) is 2.09. The van der Waals surface area contributed by atoms with Crippen molar-refractivity contribution in [1.82, 2.24) is 9.13 Å². The van der Waals surface area contributed by atoms with E-state index in [1.165, 1.54) is 0 Å². The van der Waals surface area contributed by atoms with Gasteiger partial charge in [0.1, 0.15) is 5.69 Å². The van der Waals surface area contributed by atoms with Crippen LogP contribution in [0.3, 0.4) is 0 Å². The van der Waals surface area contributed by atoms with E-state index in [9.17, 15) is 9.90 Å². The zero-order valence-corrected chi connectivity index (χ0v) is 13.0. The number of para-hydroxylation sites is 1. The summed E-state index contributed by atoms with van der Waals surface area (Å²) in [4.78, 5) is 11.6. The molecule has 0 atom stereocenters. The van der Waals surface area contributed by atoms with Crippen molar-refractivity contribution < 1.29 is 14.6 Å². The lowest BCUT2D eigenvalue weighted by atomic mass is 10.2. The molecule has 0 radical (unpaired) electrons. The number of aromatic carboxylic acids is 1. The van der Waals surface area contributed by atoms with Gasteiger partial charge in [-0.1, -0.05) is 18.2 Å². The average Bonchev–Trinajstić information content (AvgIpc) is 2.99. The van der Waals surface area contributed by atoms with Gasteiger partial charge in [-0.25, -0.2) is 4.79 Å². The summed E-state index contributed by atoms with van der Waals surface area (Å²) < 4.78 is 9.19. The van der Waals surface area contributed by atoms with Gasteiger partial charge >= 0.3 is 5.97 Å². The van der Waals surface area contributed by atoms with Gasteiger partial charge in [-0.2, -0.15) is 0 Å². The quantitative estimate of drug-likeness (QED) is 0.784. The predicted octanol–water partition coefficient (Wildman–Crippen LogP) is 3.52. The van der Waals surface area contributed by atoms with E-state index >= 15 is 0 Å². The van der Waals surface area contributed by atoms with Gasteiger partial charge in [0.2, 0.25) is 0 Å². The summed E-state index contributed by atoms with van der Waals surface area (Å²) in [5.74, 6) is -0.910. The topological polar surface area (TPSA) is 56.4 Å². The molecule has 5 nitrogen and oxygen atoms in total. The van der Waals surface area contributed by atoms with Crippen LogP contribution in [0.4, 0.5) is 0 Å². The molecule has 1 aromatic carbocycles. The second kappa shape index (κ2) is 5.50. The lowest BCUT2D eigenvalue weighted by Gasteiger charge is -2.10. The number of fused-ring (bicyclic) bond motifs is 3. The molecule has 0 saturated heterocycles. The molecule has 3 aromatic rings. The van der Waals surface area contributed by atoms with Crippen LogP contribution in [0.2, 0.25) is 0 Å². The molecule has 116 valence electrons. The Kier molecular flexibility index (Phi) is 3.66. The largest absolute Gasteiger partial charge is 0.477 e. The van der Waals surface area contributed by atoms with E-state index in [1.807, 2.05) is 22.8 Å². The molecule has 0 fully saturated rings. The number of methoxy groups -OCH3 is 1. The van der Waals surface area contributed by atoms with Gasteiger partial charge in [0.25, 0.3) is 0 Å². The zero-order chi connectivity index (χ0) is 15.9. The Bertz CT molecular complexity index is 842. The SMILES string of the molecule is COCCn1c(C(=O)O)cc2c1c1ccccc1n2C(C)C. The molecule has 2 aromatic heterocycles. The van der Waals surface area contributed by atoms with Gasteiger partial charge in [-0.05, 0) is 26.0 Å². The molecular formula is C17H20N2O3. The summed E-state index contributed by atoms with van der Waals surface area (Å²) in [5.41, 5.74) is 3.37. The molecular weight excluding hydrogens is 280 g/mol. The van der Waals surface area contributed by atoms with Crippen molar-refractivity contribution in [3.05, 3.63) is 36.0 Å². The van der Waals surface area contributed by atoms with E-state index in [4.69, 9.17) is 4.74 Å². The minimum Gasteiger partial charge on any atom is -0.477 e. The number of carboxylic acid groups (broad SMARTS) is 1. The fourth-order valence-corrected chi connectivity index (χ4v) is 3.16. The molecule has 0 aliphatic rings. The van der Waals surface area contributed by atoms with Gasteiger partial charge < -0.3 is 19.0 Å². The molecule has 0 unspecified atom stereocenters. The van der Waals surface area contributed by atoms with Gasteiger partial charge in [-0.3, -0.25) is 0 Å². The molecule has 0 spiro atoms. The fourth-order valence-electron chi connectivity index (χ4n) is 3.16. The van der Waals surface area contributed by atoms with Crippen molar-refractivity contribution in [3.63, 3.8) is 0 Å². The Morgan fingerprint density at radius 1 is 1.27 bits per heavy atom. The molecule has 0 saturated carbocycles. The van der Waals surface area contributed by atoms with Crippen LogP contribution in [0, 0.1) is 0 Å². The van der Waals surface area contributed by atoms with Crippen LogP contribution in [-0.2, 0) is 11.3 Å².